The summed E-state index contributed by atoms with van der Waals surface area (Å²) < 4.78 is 0. The second-order valence-corrected chi connectivity index (χ2v) is 8.96. The van der Waals surface area contributed by atoms with E-state index in [1.807, 2.05) is 17.5 Å². The predicted octanol–water partition coefficient (Wildman–Crippen LogP) is 5.39. The number of likely N-dealkylation sites (tertiary alicyclic amines) is 1. The fourth-order valence-corrected chi connectivity index (χ4v) is 5.95. The molecule has 29 heavy (non-hydrogen) atoms. The Morgan fingerprint density at radius 3 is 2.72 bits per heavy atom. The minimum atomic E-state index is 0.0970. The fraction of sp³-hybridized carbons (Fsp3) is 0.375. The summed E-state index contributed by atoms with van der Waals surface area (Å²) in [6, 6.07) is 15.1. The van der Waals surface area contributed by atoms with Crippen LogP contribution in [0.1, 0.15) is 54.1 Å². The molecule has 3 unspecified atom stereocenters. The van der Waals surface area contributed by atoms with Crippen LogP contribution < -0.4 is 0 Å². The molecule has 3 heterocycles. The highest BCUT2D eigenvalue weighted by atomic mass is 32.1. The van der Waals surface area contributed by atoms with Crippen LogP contribution in [0.15, 0.2) is 60.2 Å². The van der Waals surface area contributed by atoms with Crippen molar-refractivity contribution in [3.63, 3.8) is 0 Å². The maximum Gasteiger partial charge on any atom is 0.273 e. The normalized spacial score (nSPS) is 24.1. The average molecular weight is 404 g/mol. The van der Waals surface area contributed by atoms with Gasteiger partial charge in [0.05, 0.1) is 0 Å². The summed E-state index contributed by atoms with van der Waals surface area (Å²) in [5.41, 5.74) is 2.98. The molecule has 2 aromatic heterocycles. The first-order valence-electron chi connectivity index (χ1n) is 10.5. The quantitative estimate of drug-likeness (QED) is 0.589. The van der Waals surface area contributed by atoms with Crippen molar-refractivity contribution in [2.45, 2.75) is 44.1 Å². The Morgan fingerprint density at radius 1 is 1.03 bits per heavy atom. The van der Waals surface area contributed by atoms with Crippen molar-refractivity contribution in [1.29, 1.82) is 0 Å². The number of hydrogen-bond acceptors (Lipinski definition) is 4. The first kappa shape index (κ1) is 18.5. The zero-order chi connectivity index (χ0) is 19.6. The number of pyridine rings is 1. The number of thiazole rings is 1. The average Bonchev–Trinajstić information content (AvgIpc) is 3.29. The molecule has 1 aromatic carbocycles. The lowest BCUT2D eigenvalue weighted by Crippen LogP contribution is -2.52. The van der Waals surface area contributed by atoms with E-state index in [1.54, 1.807) is 12.4 Å². The van der Waals surface area contributed by atoms with Crippen LogP contribution in [0, 0.1) is 5.92 Å². The van der Waals surface area contributed by atoms with Gasteiger partial charge in [0.25, 0.3) is 5.91 Å². The van der Waals surface area contributed by atoms with Crippen molar-refractivity contribution in [2.75, 3.05) is 6.54 Å². The van der Waals surface area contributed by atoms with E-state index < -0.39 is 0 Å². The third kappa shape index (κ3) is 3.60. The molecule has 0 radical (unpaired) electrons. The van der Waals surface area contributed by atoms with Crippen LogP contribution in [0.4, 0.5) is 0 Å². The number of fused-ring (bicyclic) bond motifs is 1. The number of rotatable bonds is 3. The molecule has 2 aliphatic rings. The van der Waals surface area contributed by atoms with Crippen molar-refractivity contribution in [1.82, 2.24) is 14.9 Å². The van der Waals surface area contributed by atoms with Gasteiger partial charge >= 0.3 is 0 Å². The summed E-state index contributed by atoms with van der Waals surface area (Å²) >= 11 is 1.52. The number of aromatic nitrogens is 2. The van der Waals surface area contributed by atoms with E-state index in [9.17, 15) is 4.79 Å². The molecule has 148 valence electrons. The first-order chi connectivity index (χ1) is 14.3. The molecular formula is C24H25N3OS. The monoisotopic (exact) mass is 403 g/mol. The molecule has 0 N–H and O–H groups in total. The maximum atomic E-state index is 13.4. The van der Waals surface area contributed by atoms with E-state index in [-0.39, 0.29) is 5.91 Å². The number of nitrogens with zero attached hydrogens (tertiary/aromatic N) is 3. The van der Waals surface area contributed by atoms with Gasteiger partial charge in [0, 0.05) is 35.9 Å². The molecular weight excluding hydrogens is 378 g/mol. The number of hydrogen-bond donors (Lipinski definition) is 0. The number of amides is 1. The molecule has 1 amide bonds. The lowest BCUT2D eigenvalue weighted by molar-refractivity contribution is 0.0315. The van der Waals surface area contributed by atoms with E-state index in [2.05, 4.69) is 45.2 Å². The molecule has 1 aliphatic carbocycles. The molecule has 4 nitrogen and oxygen atoms in total. The van der Waals surface area contributed by atoms with E-state index in [4.69, 9.17) is 0 Å². The lowest BCUT2D eigenvalue weighted by Gasteiger charge is -2.48. The fourth-order valence-electron chi connectivity index (χ4n) is 5.16. The minimum Gasteiger partial charge on any atom is -0.334 e. The van der Waals surface area contributed by atoms with Crippen LogP contribution in [0.25, 0.3) is 10.6 Å². The Balaban J connectivity index is 1.39. The summed E-state index contributed by atoms with van der Waals surface area (Å²) in [5, 5.41) is 2.77. The number of carbonyl (C=O) groups excluding carboxylic acids is 1. The topological polar surface area (TPSA) is 46.1 Å². The zero-order valence-corrected chi connectivity index (χ0v) is 17.2. The highest BCUT2D eigenvalue weighted by molar-refractivity contribution is 7.13. The summed E-state index contributed by atoms with van der Waals surface area (Å²) in [6.45, 7) is 0.819. The second kappa shape index (κ2) is 8.07. The predicted molar refractivity (Wildman–Crippen MR) is 116 cm³/mol. The van der Waals surface area contributed by atoms with Crippen molar-refractivity contribution < 1.29 is 4.79 Å². The van der Waals surface area contributed by atoms with Crippen LogP contribution >= 0.6 is 11.3 Å². The highest BCUT2D eigenvalue weighted by Crippen LogP contribution is 2.44. The summed E-state index contributed by atoms with van der Waals surface area (Å²) in [4.78, 5) is 24.4. The molecule has 3 aromatic rings. The number of piperidine rings is 1. The van der Waals surface area contributed by atoms with Gasteiger partial charge < -0.3 is 4.90 Å². The van der Waals surface area contributed by atoms with Crippen molar-refractivity contribution in [3.8, 4) is 10.6 Å². The molecule has 1 aliphatic heterocycles. The molecule has 1 saturated heterocycles. The van der Waals surface area contributed by atoms with Gasteiger partial charge in [-0.05, 0) is 48.8 Å². The van der Waals surface area contributed by atoms with Crippen LogP contribution in [-0.2, 0) is 0 Å². The van der Waals surface area contributed by atoms with Gasteiger partial charge in [-0.25, -0.2) is 4.98 Å². The molecule has 0 bridgehead atoms. The van der Waals surface area contributed by atoms with Crippen LogP contribution in [0.5, 0.6) is 0 Å². The largest absolute Gasteiger partial charge is 0.334 e. The Kier molecular flexibility index (Phi) is 5.15. The lowest BCUT2D eigenvalue weighted by atomic mass is 9.69. The van der Waals surface area contributed by atoms with E-state index in [0.29, 0.717) is 23.6 Å². The number of carbonyl (C=O) groups is 1. The van der Waals surface area contributed by atoms with Gasteiger partial charge in [-0.3, -0.25) is 9.78 Å². The van der Waals surface area contributed by atoms with Gasteiger partial charge in [0.2, 0.25) is 0 Å². The Bertz CT molecular complexity index is 972. The van der Waals surface area contributed by atoms with E-state index >= 15 is 0 Å². The molecule has 5 heteroatoms. The van der Waals surface area contributed by atoms with E-state index in [0.717, 1.165) is 30.0 Å². The van der Waals surface area contributed by atoms with Gasteiger partial charge in [-0.1, -0.05) is 43.2 Å². The molecule has 3 atom stereocenters. The minimum absolute atomic E-state index is 0.0970. The van der Waals surface area contributed by atoms with Crippen molar-refractivity contribution in [2.24, 2.45) is 5.92 Å². The SMILES string of the molecule is O=C(c1csc(-c2cccnc2)n1)N1CCC(c2ccccc2)C2CCCCC21. The van der Waals surface area contributed by atoms with Gasteiger partial charge in [0.15, 0.2) is 0 Å². The first-order valence-corrected chi connectivity index (χ1v) is 11.4. The van der Waals surface area contributed by atoms with Gasteiger partial charge in [-0.2, -0.15) is 0 Å². The van der Waals surface area contributed by atoms with Crippen molar-refractivity contribution in [3.05, 3.63) is 71.5 Å². The van der Waals surface area contributed by atoms with Gasteiger partial charge in [-0.15, -0.1) is 11.3 Å². The molecule has 0 spiro atoms. The Morgan fingerprint density at radius 2 is 1.90 bits per heavy atom. The second-order valence-electron chi connectivity index (χ2n) is 8.10. The van der Waals surface area contributed by atoms with Crippen LogP contribution in [0.2, 0.25) is 0 Å². The Hall–Kier alpha value is -2.53. The van der Waals surface area contributed by atoms with Crippen molar-refractivity contribution >= 4 is 17.2 Å². The summed E-state index contributed by atoms with van der Waals surface area (Å²) in [7, 11) is 0. The molecule has 5 rings (SSSR count). The third-order valence-corrected chi connectivity index (χ3v) is 7.39. The molecule has 1 saturated carbocycles. The van der Waals surface area contributed by atoms with Crippen LogP contribution in [0.3, 0.4) is 0 Å². The summed E-state index contributed by atoms with van der Waals surface area (Å²) in [5.74, 6) is 1.21. The number of benzene rings is 1. The third-order valence-electron chi connectivity index (χ3n) is 6.50. The van der Waals surface area contributed by atoms with E-state index in [1.165, 1.54) is 36.2 Å². The Labute approximate surface area is 175 Å². The smallest absolute Gasteiger partial charge is 0.273 e. The zero-order valence-electron chi connectivity index (χ0n) is 16.4. The maximum absolute atomic E-state index is 13.4. The van der Waals surface area contributed by atoms with Crippen LogP contribution in [-0.4, -0.2) is 33.4 Å². The standard InChI is InChI=1S/C24H25N3OS/c28-24(21-16-29-23(26-21)18-9-6-13-25-15-18)27-14-12-19(17-7-2-1-3-8-17)20-10-4-5-11-22(20)27/h1-3,6-9,13,15-16,19-20,22H,4-5,10-12,14H2. The summed E-state index contributed by atoms with van der Waals surface area (Å²) in [6.07, 6.45) is 9.40. The van der Waals surface area contributed by atoms with Gasteiger partial charge in [0.1, 0.15) is 10.7 Å². The molecule has 2 fully saturated rings. The highest BCUT2D eigenvalue weighted by Gasteiger charge is 2.42.